The zero-order valence-corrected chi connectivity index (χ0v) is 12.1. The van der Waals surface area contributed by atoms with Gasteiger partial charge in [0.25, 0.3) is 0 Å². The number of carboxylic acid groups (broad SMARTS) is 1. The monoisotopic (exact) mass is 349 g/mol. The maximum atomic E-state index is 12.5. The Bertz CT molecular complexity index is 848. The number of carbonyl (C=O) groups is 1. The Morgan fingerprint density at radius 3 is 2.26 bits per heavy atom. The van der Waals surface area contributed by atoms with Crippen molar-refractivity contribution >= 4 is 32.5 Å². The Morgan fingerprint density at radius 2 is 1.74 bits per heavy atom. The molecule has 0 aliphatic heterocycles. The maximum absolute atomic E-state index is 12.5. The van der Waals surface area contributed by atoms with Gasteiger partial charge in [0.15, 0.2) is 6.61 Å². The molecule has 23 heavy (non-hydrogen) atoms. The van der Waals surface area contributed by atoms with Crippen molar-refractivity contribution in [2.45, 2.75) is 5.51 Å². The summed E-state index contributed by atoms with van der Waals surface area (Å²) < 4.78 is 66.2. The minimum absolute atomic E-state index is 0.320. The molecule has 0 aliphatic carbocycles. The van der Waals surface area contributed by atoms with Crippen molar-refractivity contribution in [3.05, 3.63) is 36.4 Å². The van der Waals surface area contributed by atoms with Gasteiger partial charge in [0.1, 0.15) is 5.75 Å². The molecule has 0 aromatic heterocycles. The summed E-state index contributed by atoms with van der Waals surface area (Å²) >= 11 is 0. The van der Waals surface area contributed by atoms with Gasteiger partial charge in [0.2, 0.25) is 0 Å². The predicted octanol–water partition coefficient (Wildman–Crippen LogP) is 2.56. The lowest BCUT2D eigenvalue weighted by atomic mass is 10.1. The van der Waals surface area contributed by atoms with Crippen molar-refractivity contribution in [2.24, 2.45) is 0 Å². The number of benzene rings is 2. The van der Waals surface area contributed by atoms with E-state index >= 15 is 0 Å². The Labute approximate surface area is 128 Å². The first-order valence-corrected chi connectivity index (χ1v) is 7.55. The molecule has 0 saturated carbocycles. The Morgan fingerprint density at radius 1 is 1.17 bits per heavy atom. The number of hydrogen-bond acceptors (Lipinski definition) is 4. The third-order valence-electron chi connectivity index (χ3n) is 2.75. The number of aliphatic carboxylic acids is 1. The number of halogens is 3. The first-order valence-electron chi connectivity index (χ1n) is 6.06. The highest BCUT2D eigenvalue weighted by atomic mass is 32.2. The molecule has 0 radical (unpaired) electrons. The lowest BCUT2D eigenvalue weighted by molar-refractivity contribution is -0.139. The van der Waals surface area contributed by atoms with Crippen LogP contribution in [-0.4, -0.2) is 31.6 Å². The van der Waals surface area contributed by atoms with Crippen LogP contribution < -0.4 is 9.46 Å². The van der Waals surface area contributed by atoms with Crippen molar-refractivity contribution < 1.29 is 36.2 Å². The SMILES string of the molecule is O=C(O)COc1cc2ccccc2cc1NS(=O)(=O)C(F)(F)F. The fraction of sp³-hybridized carbons (Fsp3) is 0.154. The van der Waals surface area contributed by atoms with E-state index in [9.17, 15) is 26.4 Å². The molecule has 0 saturated heterocycles. The lowest BCUT2D eigenvalue weighted by Crippen LogP contribution is -2.30. The molecule has 0 bridgehead atoms. The van der Waals surface area contributed by atoms with Crippen LogP contribution in [-0.2, 0) is 14.8 Å². The van der Waals surface area contributed by atoms with Gasteiger partial charge in [0.05, 0.1) is 5.69 Å². The molecule has 2 aromatic carbocycles. The molecule has 0 spiro atoms. The van der Waals surface area contributed by atoms with Gasteiger partial charge < -0.3 is 9.84 Å². The second kappa shape index (κ2) is 5.95. The van der Waals surface area contributed by atoms with Crippen LogP contribution in [0, 0.1) is 0 Å². The normalized spacial score (nSPS) is 12.1. The second-order valence-corrected chi connectivity index (χ2v) is 6.10. The molecule has 0 atom stereocenters. The first kappa shape index (κ1) is 16.9. The average molecular weight is 349 g/mol. The van der Waals surface area contributed by atoms with Gasteiger partial charge in [-0.1, -0.05) is 24.3 Å². The zero-order valence-electron chi connectivity index (χ0n) is 11.3. The highest BCUT2D eigenvalue weighted by molar-refractivity contribution is 7.93. The fourth-order valence-electron chi connectivity index (χ4n) is 1.76. The molecule has 124 valence electrons. The van der Waals surface area contributed by atoms with Gasteiger partial charge in [-0.05, 0) is 22.9 Å². The smallest absolute Gasteiger partial charge is 0.480 e. The Kier molecular flexibility index (Phi) is 4.37. The molecule has 0 fully saturated rings. The van der Waals surface area contributed by atoms with Crippen LogP contribution >= 0.6 is 0 Å². The maximum Gasteiger partial charge on any atom is 0.516 e. The molecule has 2 aromatic rings. The topological polar surface area (TPSA) is 92.7 Å². The van der Waals surface area contributed by atoms with E-state index < -0.39 is 33.8 Å². The number of alkyl halides is 3. The van der Waals surface area contributed by atoms with Crippen LogP contribution in [0.4, 0.5) is 18.9 Å². The summed E-state index contributed by atoms with van der Waals surface area (Å²) in [5, 5.41) is 9.60. The van der Waals surface area contributed by atoms with Crippen LogP contribution in [0.15, 0.2) is 36.4 Å². The Balaban J connectivity index is 2.50. The second-order valence-electron chi connectivity index (χ2n) is 4.43. The van der Waals surface area contributed by atoms with Crippen molar-refractivity contribution in [3.8, 4) is 5.75 Å². The summed E-state index contributed by atoms with van der Waals surface area (Å²) in [6.07, 6.45) is 0. The van der Waals surface area contributed by atoms with Crippen molar-refractivity contribution in [3.63, 3.8) is 0 Å². The summed E-state index contributed by atoms with van der Waals surface area (Å²) in [5.41, 5.74) is -6.01. The minimum atomic E-state index is -5.66. The third kappa shape index (κ3) is 3.83. The summed E-state index contributed by atoms with van der Waals surface area (Å²) in [4.78, 5) is 10.5. The van der Waals surface area contributed by atoms with Gasteiger partial charge in [-0.2, -0.15) is 21.6 Å². The molecule has 0 unspecified atom stereocenters. The molecule has 0 amide bonds. The molecule has 10 heteroatoms. The standard InChI is InChI=1S/C13H10F3NO5S/c14-13(15,16)23(20,21)17-10-5-8-3-1-2-4-9(8)6-11(10)22-7-12(18)19/h1-6,17H,7H2,(H,18,19). The highest BCUT2D eigenvalue weighted by Gasteiger charge is 2.46. The number of nitrogens with one attached hydrogen (secondary N) is 1. The van der Waals surface area contributed by atoms with Crippen LogP contribution in [0.1, 0.15) is 0 Å². The molecule has 2 N–H and O–H groups in total. The van der Waals surface area contributed by atoms with E-state index in [-0.39, 0.29) is 5.75 Å². The predicted molar refractivity (Wildman–Crippen MR) is 75.7 cm³/mol. The summed E-state index contributed by atoms with van der Waals surface area (Å²) in [7, 11) is -5.66. The number of rotatable bonds is 5. The van der Waals surface area contributed by atoms with Gasteiger partial charge in [-0.25, -0.2) is 4.79 Å². The van der Waals surface area contributed by atoms with E-state index in [4.69, 9.17) is 9.84 Å². The molecular formula is C13H10F3NO5S. The van der Waals surface area contributed by atoms with Crippen molar-refractivity contribution in [1.29, 1.82) is 0 Å². The van der Waals surface area contributed by atoms with E-state index in [0.29, 0.717) is 10.8 Å². The Hall–Kier alpha value is -2.49. The molecular weight excluding hydrogens is 339 g/mol. The number of carboxylic acids is 1. The summed E-state index contributed by atoms with van der Waals surface area (Å²) in [5.74, 6) is -1.68. The summed E-state index contributed by atoms with van der Waals surface area (Å²) in [6.45, 7) is -0.834. The minimum Gasteiger partial charge on any atom is -0.480 e. The van der Waals surface area contributed by atoms with Crippen LogP contribution in [0.25, 0.3) is 10.8 Å². The van der Waals surface area contributed by atoms with Crippen LogP contribution in [0.3, 0.4) is 0 Å². The zero-order chi connectivity index (χ0) is 17.3. The van der Waals surface area contributed by atoms with Crippen molar-refractivity contribution in [1.82, 2.24) is 0 Å². The van der Waals surface area contributed by atoms with Gasteiger partial charge in [0, 0.05) is 0 Å². The van der Waals surface area contributed by atoms with E-state index in [1.165, 1.54) is 10.8 Å². The number of anilines is 1. The molecule has 0 heterocycles. The van der Waals surface area contributed by atoms with Crippen molar-refractivity contribution in [2.75, 3.05) is 11.3 Å². The van der Waals surface area contributed by atoms with E-state index in [1.54, 1.807) is 24.3 Å². The first-order chi connectivity index (χ1) is 10.6. The van der Waals surface area contributed by atoms with Gasteiger partial charge in [-0.3, -0.25) is 4.72 Å². The fourth-order valence-corrected chi connectivity index (χ4v) is 2.33. The third-order valence-corrected chi connectivity index (χ3v) is 3.85. The molecule has 0 aliphatic rings. The van der Waals surface area contributed by atoms with E-state index in [2.05, 4.69) is 0 Å². The number of sulfonamides is 1. The van der Waals surface area contributed by atoms with Gasteiger partial charge in [-0.15, -0.1) is 0 Å². The number of ether oxygens (including phenoxy) is 1. The number of fused-ring (bicyclic) bond motifs is 1. The summed E-state index contributed by atoms with van der Waals surface area (Å²) in [6, 6.07) is 8.83. The van der Waals surface area contributed by atoms with E-state index in [1.807, 2.05) is 0 Å². The average Bonchev–Trinajstić information content (AvgIpc) is 2.43. The van der Waals surface area contributed by atoms with E-state index in [0.717, 1.165) is 6.07 Å². The van der Waals surface area contributed by atoms with Gasteiger partial charge >= 0.3 is 21.5 Å². The highest BCUT2D eigenvalue weighted by Crippen LogP contribution is 2.34. The lowest BCUT2D eigenvalue weighted by Gasteiger charge is -2.15. The molecule has 2 rings (SSSR count). The largest absolute Gasteiger partial charge is 0.516 e. The number of hydrogen-bond donors (Lipinski definition) is 2. The molecule has 6 nitrogen and oxygen atoms in total. The van der Waals surface area contributed by atoms with Crippen LogP contribution in [0.5, 0.6) is 5.75 Å². The quantitative estimate of drug-likeness (QED) is 0.865. The van der Waals surface area contributed by atoms with Crippen LogP contribution in [0.2, 0.25) is 0 Å².